The third-order valence-electron chi connectivity index (χ3n) is 3.44. The van der Waals surface area contributed by atoms with E-state index in [1.807, 2.05) is 12.1 Å². The Morgan fingerprint density at radius 2 is 2.00 bits per heavy atom. The molecule has 5 nitrogen and oxygen atoms in total. The van der Waals surface area contributed by atoms with Gasteiger partial charge >= 0.3 is 0 Å². The van der Waals surface area contributed by atoms with Crippen LogP contribution in [0.2, 0.25) is 0 Å². The molecule has 20 heavy (non-hydrogen) atoms. The number of hydrogen-bond donors (Lipinski definition) is 2. The van der Waals surface area contributed by atoms with Crippen molar-refractivity contribution in [3.63, 3.8) is 0 Å². The molecule has 1 aromatic rings. The van der Waals surface area contributed by atoms with Crippen molar-refractivity contribution in [1.82, 2.24) is 0 Å². The summed E-state index contributed by atoms with van der Waals surface area (Å²) in [7, 11) is -3.14. The van der Waals surface area contributed by atoms with E-state index < -0.39 is 9.84 Å². The summed E-state index contributed by atoms with van der Waals surface area (Å²) < 4.78 is 22.7. The first-order chi connectivity index (χ1) is 9.35. The van der Waals surface area contributed by atoms with Crippen LogP contribution in [0.4, 0.5) is 0 Å². The molecule has 0 saturated heterocycles. The summed E-state index contributed by atoms with van der Waals surface area (Å²) >= 11 is 1.67. The van der Waals surface area contributed by atoms with E-state index in [9.17, 15) is 8.42 Å². The Morgan fingerprint density at radius 1 is 1.40 bits per heavy atom. The minimum absolute atomic E-state index is 0.135. The van der Waals surface area contributed by atoms with Gasteiger partial charge in [-0.1, -0.05) is 5.16 Å². The van der Waals surface area contributed by atoms with Gasteiger partial charge in [0.25, 0.3) is 0 Å². The fourth-order valence-corrected chi connectivity index (χ4v) is 3.81. The summed E-state index contributed by atoms with van der Waals surface area (Å²) in [5, 5.41) is 11.6. The van der Waals surface area contributed by atoms with Crippen molar-refractivity contribution in [2.45, 2.75) is 29.1 Å². The monoisotopic (exact) mass is 314 g/mol. The Morgan fingerprint density at radius 3 is 2.45 bits per heavy atom. The van der Waals surface area contributed by atoms with Crippen molar-refractivity contribution in [1.29, 1.82) is 0 Å². The summed E-state index contributed by atoms with van der Waals surface area (Å²) in [5.74, 6) is 1.16. The number of hydrogen-bond acceptors (Lipinski definition) is 5. The van der Waals surface area contributed by atoms with Crippen molar-refractivity contribution < 1.29 is 13.6 Å². The predicted octanol–water partition coefficient (Wildman–Crippen LogP) is 2.10. The second-order valence-electron chi connectivity index (χ2n) is 5.30. The lowest BCUT2D eigenvalue weighted by Crippen LogP contribution is -2.19. The van der Waals surface area contributed by atoms with E-state index in [-0.39, 0.29) is 11.3 Å². The minimum atomic E-state index is -3.14. The molecule has 0 aliphatic heterocycles. The average molecular weight is 314 g/mol. The number of oxime groups is 1. The van der Waals surface area contributed by atoms with Crippen LogP contribution < -0.4 is 5.73 Å². The van der Waals surface area contributed by atoms with Gasteiger partial charge in [0, 0.05) is 23.3 Å². The molecular weight excluding hydrogens is 296 g/mol. The zero-order valence-electron chi connectivity index (χ0n) is 11.2. The van der Waals surface area contributed by atoms with Crippen LogP contribution in [0.1, 0.15) is 19.3 Å². The van der Waals surface area contributed by atoms with E-state index in [0.717, 1.165) is 23.5 Å². The first kappa shape index (κ1) is 15.2. The van der Waals surface area contributed by atoms with Gasteiger partial charge in [-0.15, -0.1) is 11.8 Å². The Balaban J connectivity index is 1.95. The molecule has 2 rings (SSSR count). The van der Waals surface area contributed by atoms with Gasteiger partial charge in [-0.05, 0) is 42.5 Å². The molecule has 0 amide bonds. The number of rotatable bonds is 6. The molecule has 1 aliphatic rings. The smallest absolute Gasteiger partial charge is 0.175 e. The zero-order valence-corrected chi connectivity index (χ0v) is 12.9. The van der Waals surface area contributed by atoms with Crippen molar-refractivity contribution in [3.8, 4) is 0 Å². The van der Waals surface area contributed by atoms with Crippen molar-refractivity contribution in [2.75, 3.05) is 12.0 Å². The molecule has 0 unspecified atom stereocenters. The van der Waals surface area contributed by atoms with Crippen LogP contribution in [0.25, 0.3) is 0 Å². The fraction of sp³-hybridized carbons (Fsp3) is 0.462. The van der Waals surface area contributed by atoms with Gasteiger partial charge < -0.3 is 10.9 Å². The SMILES string of the molecule is CS(=O)(=O)c1ccc(SCC2(CC(N)=NO)CC2)cc1. The number of amidine groups is 1. The molecular formula is C13H18N2O3S2. The highest BCUT2D eigenvalue weighted by Crippen LogP contribution is 2.51. The molecule has 110 valence electrons. The number of benzene rings is 1. The van der Waals surface area contributed by atoms with Crippen LogP contribution in [0.5, 0.6) is 0 Å². The van der Waals surface area contributed by atoms with Crippen LogP contribution >= 0.6 is 11.8 Å². The highest BCUT2D eigenvalue weighted by atomic mass is 32.2. The van der Waals surface area contributed by atoms with E-state index >= 15 is 0 Å². The van der Waals surface area contributed by atoms with Gasteiger partial charge in [0.05, 0.1) is 4.90 Å². The van der Waals surface area contributed by atoms with Gasteiger partial charge in [-0.2, -0.15) is 0 Å². The summed E-state index contributed by atoms with van der Waals surface area (Å²) in [4.78, 5) is 1.36. The van der Waals surface area contributed by atoms with Gasteiger partial charge in [0.2, 0.25) is 0 Å². The molecule has 1 saturated carbocycles. The Kier molecular flexibility index (Phi) is 4.29. The van der Waals surface area contributed by atoms with Crippen molar-refractivity contribution >= 4 is 27.4 Å². The molecule has 3 N–H and O–H groups in total. The number of nitrogens with two attached hydrogens (primary N) is 1. The second kappa shape index (κ2) is 5.65. The fourth-order valence-electron chi connectivity index (χ4n) is 1.99. The zero-order chi connectivity index (χ0) is 14.8. The molecule has 1 aromatic carbocycles. The average Bonchev–Trinajstić information content (AvgIpc) is 3.16. The summed E-state index contributed by atoms with van der Waals surface area (Å²) in [6.45, 7) is 0. The maximum Gasteiger partial charge on any atom is 0.175 e. The predicted molar refractivity (Wildman–Crippen MR) is 80.0 cm³/mol. The molecule has 0 heterocycles. The van der Waals surface area contributed by atoms with E-state index in [0.29, 0.717) is 11.3 Å². The van der Waals surface area contributed by atoms with Crippen LogP contribution in [0.3, 0.4) is 0 Å². The Hall–Kier alpha value is -1.21. The molecule has 0 spiro atoms. The third-order valence-corrected chi connectivity index (χ3v) is 5.93. The van der Waals surface area contributed by atoms with E-state index in [4.69, 9.17) is 10.9 Å². The first-order valence-corrected chi connectivity index (χ1v) is 9.12. The van der Waals surface area contributed by atoms with Gasteiger partial charge in [0.1, 0.15) is 5.84 Å². The quantitative estimate of drug-likeness (QED) is 0.276. The van der Waals surface area contributed by atoms with Crippen molar-refractivity contribution in [3.05, 3.63) is 24.3 Å². The Labute approximate surface area is 123 Å². The van der Waals surface area contributed by atoms with Gasteiger partial charge in [-0.25, -0.2) is 8.42 Å². The van der Waals surface area contributed by atoms with Crippen LogP contribution in [-0.4, -0.2) is 31.5 Å². The molecule has 0 radical (unpaired) electrons. The summed E-state index contributed by atoms with van der Waals surface area (Å²) in [6, 6.07) is 6.89. The van der Waals surface area contributed by atoms with Gasteiger partial charge in [0.15, 0.2) is 9.84 Å². The molecule has 1 fully saturated rings. The number of thioether (sulfide) groups is 1. The van der Waals surface area contributed by atoms with E-state index in [1.54, 1.807) is 23.9 Å². The van der Waals surface area contributed by atoms with Crippen molar-refractivity contribution in [2.24, 2.45) is 16.3 Å². The lowest BCUT2D eigenvalue weighted by atomic mass is 10.1. The molecule has 0 atom stereocenters. The minimum Gasteiger partial charge on any atom is -0.409 e. The lowest BCUT2D eigenvalue weighted by molar-refractivity contribution is 0.315. The normalized spacial score (nSPS) is 17.9. The third kappa shape index (κ3) is 3.89. The first-order valence-electron chi connectivity index (χ1n) is 6.24. The molecule has 0 aromatic heterocycles. The maximum absolute atomic E-state index is 11.4. The molecule has 7 heteroatoms. The van der Waals surface area contributed by atoms with Crippen LogP contribution in [-0.2, 0) is 9.84 Å². The van der Waals surface area contributed by atoms with E-state index in [1.165, 1.54) is 6.26 Å². The standard InChI is InChI=1S/C13H18N2O3S2/c1-20(17,18)11-4-2-10(3-5-11)19-9-13(6-7-13)8-12(14)15-16/h2-5,16H,6-9H2,1H3,(H2,14,15). The van der Waals surface area contributed by atoms with Crippen LogP contribution in [0, 0.1) is 5.41 Å². The highest BCUT2D eigenvalue weighted by molar-refractivity contribution is 7.99. The lowest BCUT2D eigenvalue weighted by Gasteiger charge is -2.13. The topological polar surface area (TPSA) is 92.8 Å². The summed E-state index contributed by atoms with van der Waals surface area (Å²) in [6.07, 6.45) is 3.97. The Bertz CT molecular complexity index is 605. The van der Waals surface area contributed by atoms with Gasteiger partial charge in [-0.3, -0.25) is 0 Å². The second-order valence-corrected chi connectivity index (χ2v) is 8.36. The largest absolute Gasteiger partial charge is 0.409 e. The number of sulfone groups is 1. The maximum atomic E-state index is 11.4. The number of nitrogens with zero attached hydrogens (tertiary/aromatic N) is 1. The molecule has 0 bridgehead atoms. The van der Waals surface area contributed by atoms with Crippen LogP contribution in [0.15, 0.2) is 39.2 Å². The van der Waals surface area contributed by atoms with E-state index in [2.05, 4.69) is 5.16 Å². The summed E-state index contributed by atoms with van der Waals surface area (Å²) in [5.41, 5.74) is 5.70. The molecule has 1 aliphatic carbocycles. The highest BCUT2D eigenvalue weighted by Gasteiger charge is 2.43.